The zero-order chi connectivity index (χ0) is 18.0. The molecule has 0 aromatic heterocycles. The van der Waals surface area contributed by atoms with Gasteiger partial charge in [-0.25, -0.2) is 4.79 Å². The Balaban J connectivity index is 1.86. The molecule has 3 rings (SSSR count). The fraction of sp³-hybridized carbons (Fsp3) is 0.211. The van der Waals surface area contributed by atoms with Crippen LogP contribution >= 0.6 is 0 Å². The molecule has 0 bridgehead atoms. The highest BCUT2D eigenvalue weighted by molar-refractivity contribution is 6.09. The van der Waals surface area contributed by atoms with Crippen LogP contribution in [0.1, 0.15) is 34.8 Å². The van der Waals surface area contributed by atoms with Gasteiger partial charge in [-0.05, 0) is 31.0 Å². The second-order valence-corrected chi connectivity index (χ2v) is 6.00. The first-order chi connectivity index (χ1) is 12.0. The Morgan fingerprint density at radius 2 is 1.72 bits per heavy atom. The van der Waals surface area contributed by atoms with Crippen molar-refractivity contribution in [3.8, 4) is 0 Å². The van der Waals surface area contributed by atoms with Crippen LogP contribution in [0.4, 0.5) is 4.79 Å². The predicted molar refractivity (Wildman–Crippen MR) is 92.4 cm³/mol. The molecule has 25 heavy (non-hydrogen) atoms. The summed E-state index contributed by atoms with van der Waals surface area (Å²) in [5, 5.41) is 3.48. The van der Waals surface area contributed by atoms with Crippen molar-refractivity contribution in [2.24, 2.45) is 0 Å². The third-order valence-corrected chi connectivity index (χ3v) is 4.42. The molecule has 0 spiro atoms. The fourth-order valence-electron chi connectivity index (χ4n) is 2.91. The topological polar surface area (TPSA) is 78.5 Å². The minimum absolute atomic E-state index is 0.374. The van der Waals surface area contributed by atoms with Crippen LogP contribution in [0, 0.1) is 6.92 Å². The van der Waals surface area contributed by atoms with Gasteiger partial charge in [-0.15, -0.1) is 0 Å². The average Bonchev–Trinajstić information content (AvgIpc) is 2.88. The summed E-state index contributed by atoms with van der Waals surface area (Å²) in [6.07, 6.45) is 0.374. The first kappa shape index (κ1) is 16.7. The molecule has 1 heterocycles. The van der Waals surface area contributed by atoms with E-state index < -0.39 is 23.4 Å². The Hall–Kier alpha value is -3.15. The molecule has 4 amide bonds. The molecule has 0 saturated carbocycles. The maximum Gasteiger partial charge on any atom is 0.344 e. The van der Waals surface area contributed by atoms with Crippen LogP contribution < -0.4 is 10.7 Å². The number of benzene rings is 2. The van der Waals surface area contributed by atoms with E-state index in [0.29, 0.717) is 17.5 Å². The van der Waals surface area contributed by atoms with E-state index in [0.717, 1.165) is 10.6 Å². The van der Waals surface area contributed by atoms with Crippen molar-refractivity contribution in [1.82, 2.24) is 15.8 Å². The summed E-state index contributed by atoms with van der Waals surface area (Å²) in [6.45, 7) is 3.73. The Labute approximate surface area is 145 Å². The number of hydrogen-bond donors (Lipinski definition) is 2. The number of carbonyl (C=O) groups excluding carboxylic acids is 3. The zero-order valence-electron chi connectivity index (χ0n) is 14.1. The number of aryl methyl sites for hydroxylation is 1. The van der Waals surface area contributed by atoms with Gasteiger partial charge in [0.15, 0.2) is 0 Å². The smallest absolute Gasteiger partial charge is 0.318 e. The highest BCUT2D eigenvalue weighted by Gasteiger charge is 2.52. The van der Waals surface area contributed by atoms with Crippen LogP contribution in [0.3, 0.4) is 0 Å². The third-order valence-electron chi connectivity index (χ3n) is 4.42. The van der Waals surface area contributed by atoms with Gasteiger partial charge >= 0.3 is 6.03 Å². The molecular formula is C19H19N3O3. The predicted octanol–water partition coefficient (Wildman–Crippen LogP) is 2.50. The van der Waals surface area contributed by atoms with Crippen LogP contribution in [0.5, 0.6) is 0 Å². The van der Waals surface area contributed by atoms with Gasteiger partial charge in [0, 0.05) is 5.56 Å². The lowest BCUT2D eigenvalue weighted by Crippen LogP contribution is -2.48. The third kappa shape index (κ3) is 2.87. The molecule has 6 heteroatoms. The van der Waals surface area contributed by atoms with Crippen LogP contribution in [0.25, 0.3) is 0 Å². The van der Waals surface area contributed by atoms with Gasteiger partial charge in [-0.2, -0.15) is 5.01 Å². The number of hydrogen-bond acceptors (Lipinski definition) is 3. The Morgan fingerprint density at radius 1 is 1.08 bits per heavy atom. The summed E-state index contributed by atoms with van der Waals surface area (Å²) in [7, 11) is 0. The number of rotatable bonds is 4. The summed E-state index contributed by atoms with van der Waals surface area (Å²) in [5.74, 6) is -1.00. The molecule has 2 N–H and O–H groups in total. The van der Waals surface area contributed by atoms with E-state index in [4.69, 9.17) is 0 Å². The summed E-state index contributed by atoms with van der Waals surface area (Å²) in [5.41, 5.74) is 3.31. The molecule has 1 saturated heterocycles. The van der Waals surface area contributed by atoms with Crippen LogP contribution in [0.15, 0.2) is 54.6 Å². The number of imide groups is 1. The maximum atomic E-state index is 12.9. The molecule has 6 nitrogen and oxygen atoms in total. The molecule has 1 aliphatic rings. The van der Waals surface area contributed by atoms with Gasteiger partial charge in [0.2, 0.25) is 0 Å². The molecule has 1 aliphatic heterocycles. The standard InChI is InChI=1S/C19H19N3O3/c1-3-19(15-7-5-4-6-8-15)17(24)22(18(25)20-19)21-16(23)14-11-9-13(2)10-12-14/h4-12H,3H2,1-2H3,(H,20,25)(H,21,23)/t19-/m1/s1. The fourth-order valence-corrected chi connectivity index (χ4v) is 2.91. The van der Waals surface area contributed by atoms with Crippen LogP contribution in [0.2, 0.25) is 0 Å². The van der Waals surface area contributed by atoms with Gasteiger partial charge < -0.3 is 5.32 Å². The van der Waals surface area contributed by atoms with Gasteiger partial charge in [0.25, 0.3) is 11.8 Å². The summed E-state index contributed by atoms with van der Waals surface area (Å²) in [6, 6.07) is 15.3. The van der Waals surface area contributed by atoms with E-state index >= 15 is 0 Å². The molecule has 0 radical (unpaired) electrons. The van der Waals surface area contributed by atoms with Crippen molar-refractivity contribution in [2.45, 2.75) is 25.8 Å². The number of amides is 4. The van der Waals surface area contributed by atoms with Crippen molar-refractivity contribution < 1.29 is 14.4 Å². The molecule has 128 valence electrons. The van der Waals surface area contributed by atoms with Gasteiger partial charge in [-0.3, -0.25) is 15.0 Å². The van der Waals surface area contributed by atoms with Gasteiger partial charge in [0.1, 0.15) is 5.54 Å². The lowest BCUT2D eigenvalue weighted by atomic mass is 9.87. The molecule has 0 aliphatic carbocycles. The lowest BCUT2D eigenvalue weighted by molar-refractivity contribution is -0.133. The normalized spacial score (nSPS) is 19.7. The Morgan fingerprint density at radius 3 is 2.32 bits per heavy atom. The SMILES string of the molecule is CC[C@]1(c2ccccc2)NC(=O)N(NC(=O)c2ccc(C)cc2)C1=O. The van der Waals surface area contributed by atoms with E-state index in [1.807, 2.05) is 19.9 Å². The van der Waals surface area contributed by atoms with E-state index in [1.54, 1.807) is 48.5 Å². The highest BCUT2D eigenvalue weighted by Crippen LogP contribution is 2.31. The summed E-state index contributed by atoms with van der Waals surface area (Å²) in [4.78, 5) is 37.6. The molecule has 1 fully saturated rings. The Kier molecular flexibility index (Phi) is 4.27. The number of nitrogens with one attached hydrogen (secondary N) is 2. The molecule has 2 aromatic rings. The first-order valence-corrected chi connectivity index (χ1v) is 8.08. The van der Waals surface area contributed by atoms with Crippen molar-refractivity contribution in [2.75, 3.05) is 0 Å². The average molecular weight is 337 g/mol. The molecule has 0 unspecified atom stereocenters. The second kappa shape index (κ2) is 6.39. The van der Waals surface area contributed by atoms with Crippen molar-refractivity contribution >= 4 is 17.8 Å². The van der Waals surface area contributed by atoms with Gasteiger partial charge in [0.05, 0.1) is 0 Å². The first-order valence-electron chi connectivity index (χ1n) is 8.08. The Bertz CT molecular complexity index is 818. The van der Waals surface area contributed by atoms with Crippen molar-refractivity contribution in [1.29, 1.82) is 0 Å². The number of carbonyl (C=O) groups is 3. The van der Waals surface area contributed by atoms with Crippen molar-refractivity contribution in [3.63, 3.8) is 0 Å². The monoisotopic (exact) mass is 337 g/mol. The van der Waals surface area contributed by atoms with E-state index in [1.165, 1.54) is 0 Å². The van der Waals surface area contributed by atoms with Crippen LogP contribution in [-0.4, -0.2) is 22.9 Å². The summed E-state index contributed by atoms with van der Waals surface area (Å²) >= 11 is 0. The van der Waals surface area contributed by atoms with Gasteiger partial charge in [-0.1, -0.05) is 55.0 Å². The second-order valence-electron chi connectivity index (χ2n) is 6.00. The van der Waals surface area contributed by atoms with E-state index in [-0.39, 0.29) is 0 Å². The maximum absolute atomic E-state index is 12.9. The van der Waals surface area contributed by atoms with Crippen LogP contribution in [-0.2, 0) is 10.3 Å². The zero-order valence-corrected chi connectivity index (χ0v) is 14.1. The molecule has 1 atom stereocenters. The molecular weight excluding hydrogens is 318 g/mol. The summed E-state index contributed by atoms with van der Waals surface area (Å²) < 4.78 is 0. The molecule has 2 aromatic carbocycles. The highest BCUT2D eigenvalue weighted by atomic mass is 16.2. The minimum Gasteiger partial charge on any atom is -0.318 e. The lowest BCUT2D eigenvalue weighted by Gasteiger charge is -2.25. The quantitative estimate of drug-likeness (QED) is 0.842. The van der Waals surface area contributed by atoms with E-state index in [2.05, 4.69) is 10.7 Å². The number of nitrogens with zero attached hydrogens (tertiary/aromatic N) is 1. The number of urea groups is 1. The van der Waals surface area contributed by atoms with E-state index in [9.17, 15) is 14.4 Å². The minimum atomic E-state index is -1.17. The van der Waals surface area contributed by atoms with Crippen molar-refractivity contribution in [3.05, 3.63) is 71.3 Å². The largest absolute Gasteiger partial charge is 0.344 e. The number of hydrazine groups is 1.